The van der Waals surface area contributed by atoms with E-state index in [1.165, 1.54) is 11.1 Å². The lowest BCUT2D eigenvalue weighted by molar-refractivity contribution is -0.192. The Bertz CT molecular complexity index is 1260. The van der Waals surface area contributed by atoms with Crippen molar-refractivity contribution >= 4 is 17.6 Å². The molecule has 3 aromatic carbocycles. The van der Waals surface area contributed by atoms with Gasteiger partial charge in [0.15, 0.2) is 0 Å². The number of carbonyl (C=O) groups is 2. The number of carboxylic acid groups (broad SMARTS) is 1. The number of aryl methyl sites for hydroxylation is 1. The number of alkyl halides is 3. The fraction of sp³-hybridized carbons (Fsp3) is 0.355. The summed E-state index contributed by atoms with van der Waals surface area (Å²) in [5.74, 6) is -2.50. The number of halogens is 3. The highest BCUT2D eigenvalue weighted by atomic mass is 19.4. The molecule has 0 aromatic heterocycles. The maximum absolute atomic E-state index is 12.6. The van der Waals surface area contributed by atoms with Crippen LogP contribution in [0.3, 0.4) is 0 Å². The van der Waals surface area contributed by atoms with E-state index in [1.54, 1.807) is 6.07 Å². The number of nitrogens with zero attached hydrogens (tertiary/aromatic N) is 2. The molecular formula is C31H36F3N3O4. The van der Waals surface area contributed by atoms with Crippen LogP contribution < -0.4 is 5.32 Å². The lowest BCUT2D eigenvalue weighted by Gasteiger charge is -2.22. The van der Waals surface area contributed by atoms with Gasteiger partial charge >= 0.3 is 12.1 Å². The van der Waals surface area contributed by atoms with Crippen molar-refractivity contribution in [2.24, 2.45) is 0 Å². The van der Waals surface area contributed by atoms with Crippen LogP contribution in [0.15, 0.2) is 72.8 Å². The molecule has 0 atom stereocenters. The Labute approximate surface area is 238 Å². The number of hydrogen-bond acceptors (Lipinski definition) is 5. The molecule has 0 saturated carbocycles. The van der Waals surface area contributed by atoms with Gasteiger partial charge in [-0.1, -0.05) is 49.7 Å². The first-order valence-electron chi connectivity index (χ1n) is 13.6. The van der Waals surface area contributed by atoms with E-state index in [1.807, 2.05) is 36.4 Å². The van der Waals surface area contributed by atoms with Crippen molar-refractivity contribution < 1.29 is 33.0 Å². The van der Waals surface area contributed by atoms with Gasteiger partial charge in [-0.3, -0.25) is 14.6 Å². The third-order valence-corrected chi connectivity index (χ3v) is 6.61. The SMILES string of the molecule is CCCc1ccc(NC(=O)c2ccc(CN3CCCN(Cc4cccc(O)c4)CC3)cc2)cc1.O=C(O)C(F)(F)F. The molecule has 0 aliphatic carbocycles. The number of amides is 1. The van der Waals surface area contributed by atoms with Crippen LogP contribution in [0, 0.1) is 0 Å². The van der Waals surface area contributed by atoms with Crippen LogP contribution in [0.1, 0.15) is 46.8 Å². The first-order valence-corrected chi connectivity index (χ1v) is 13.6. The first-order chi connectivity index (χ1) is 19.5. The number of phenols is 1. The Morgan fingerprint density at radius 1 is 0.829 bits per heavy atom. The van der Waals surface area contributed by atoms with E-state index in [-0.39, 0.29) is 5.91 Å². The highest BCUT2D eigenvalue weighted by molar-refractivity contribution is 6.04. The third-order valence-electron chi connectivity index (χ3n) is 6.61. The number of aromatic hydroxyl groups is 1. The molecule has 3 N–H and O–H groups in total. The molecule has 0 unspecified atom stereocenters. The Morgan fingerprint density at radius 3 is 1.93 bits per heavy atom. The molecule has 1 amide bonds. The molecule has 41 heavy (non-hydrogen) atoms. The van der Waals surface area contributed by atoms with Crippen LogP contribution >= 0.6 is 0 Å². The van der Waals surface area contributed by atoms with E-state index >= 15 is 0 Å². The Morgan fingerprint density at radius 2 is 1.39 bits per heavy atom. The molecular weight excluding hydrogens is 535 g/mol. The Kier molecular flexibility index (Phi) is 11.7. The number of anilines is 1. The van der Waals surface area contributed by atoms with Crippen molar-refractivity contribution in [1.82, 2.24) is 9.80 Å². The van der Waals surface area contributed by atoms with Gasteiger partial charge in [0.1, 0.15) is 5.75 Å². The van der Waals surface area contributed by atoms with Gasteiger partial charge in [0.25, 0.3) is 5.91 Å². The van der Waals surface area contributed by atoms with Gasteiger partial charge in [0.2, 0.25) is 0 Å². The molecule has 10 heteroatoms. The monoisotopic (exact) mass is 571 g/mol. The van der Waals surface area contributed by atoms with Crippen molar-refractivity contribution in [2.75, 3.05) is 31.5 Å². The Balaban J connectivity index is 0.000000587. The molecule has 1 aliphatic rings. The zero-order chi connectivity index (χ0) is 29.8. The molecule has 1 heterocycles. The van der Waals surface area contributed by atoms with Gasteiger partial charge in [-0.15, -0.1) is 0 Å². The summed E-state index contributed by atoms with van der Waals surface area (Å²) < 4.78 is 31.7. The molecule has 3 aromatic rings. The van der Waals surface area contributed by atoms with Gasteiger partial charge < -0.3 is 15.5 Å². The van der Waals surface area contributed by atoms with Crippen LogP contribution in [-0.4, -0.2) is 64.2 Å². The van der Waals surface area contributed by atoms with Gasteiger partial charge in [-0.25, -0.2) is 4.79 Å². The van der Waals surface area contributed by atoms with E-state index in [0.717, 1.165) is 69.8 Å². The highest BCUT2D eigenvalue weighted by Gasteiger charge is 2.38. The van der Waals surface area contributed by atoms with Crippen LogP contribution in [0.2, 0.25) is 0 Å². The Hall–Kier alpha value is -3.89. The second kappa shape index (κ2) is 15.2. The summed E-state index contributed by atoms with van der Waals surface area (Å²) in [7, 11) is 0. The predicted octanol–water partition coefficient (Wildman–Crippen LogP) is 5.94. The van der Waals surface area contributed by atoms with Gasteiger partial charge in [0.05, 0.1) is 0 Å². The van der Waals surface area contributed by atoms with Crippen molar-refractivity contribution in [3.63, 3.8) is 0 Å². The molecule has 220 valence electrons. The summed E-state index contributed by atoms with van der Waals surface area (Å²) in [6, 6.07) is 23.6. The third kappa shape index (κ3) is 10.9. The van der Waals surface area contributed by atoms with Gasteiger partial charge in [-0.2, -0.15) is 13.2 Å². The summed E-state index contributed by atoms with van der Waals surface area (Å²) in [6.07, 6.45) is -1.79. The van der Waals surface area contributed by atoms with E-state index in [0.29, 0.717) is 11.3 Å². The van der Waals surface area contributed by atoms with E-state index in [4.69, 9.17) is 9.90 Å². The number of aliphatic carboxylic acids is 1. The fourth-order valence-electron chi connectivity index (χ4n) is 4.52. The molecule has 0 bridgehead atoms. The summed E-state index contributed by atoms with van der Waals surface area (Å²) in [6.45, 7) is 8.06. The van der Waals surface area contributed by atoms with Crippen molar-refractivity contribution in [3.05, 3.63) is 95.1 Å². The largest absolute Gasteiger partial charge is 0.508 e. The number of carbonyl (C=O) groups excluding carboxylic acids is 1. The number of benzene rings is 3. The minimum Gasteiger partial charge on any atom is -0.508 e. The first kappa shape index (κ1) is 31.6. The van der Waals surface area contributed by atoms with E-state index in [9.17, 15) is 23.1 Å². The topological polar surface area (TPSA) is 93.1 Å². The molecule has 0 radical (unpaired) electrons. The molecule has 0 spiro atoms. The smallest absolute Gasteiger partial charge is 0.490 e. The standard InChI is InChI=1S/C29H35N3O2.C2HF3O2/c1-2-5-23-10-14-27(15-11-23)30-29(34)26-12-8-24(9-13-26)21-31-16-4-17-32(19-18-31)22-25-6-3-7-28(33)20-25;3-2(4,5)1(6)7/h3,6-15,20,33H,2,4-5,16-19,21-22H2,1H3,(H,30,34);(H,6,7). The quantitative estimate of drug-likeness (QED) is 0.310. The minimum absolute atomic E-state index is 0.0767. The lowest BCUT2D eigenvalue weighted by Crippen LogP contribution is -2.30. The number of hydrogen-bond donors (Lipinski definition) is 3. The average Bonchev–Trinajstić information content (AvgIpc) is 3.15. The predicted molar refractivity (Wildman–Crippen MR) is 152 cm³/mol. The van der Waals surface area contributed by atoms with Crippen LogP contribution in [0.4, 0.5) is 18.9 Å². The van der Waals surface area contributed by atoms with Crippen LogP contribution in [-0.2, 0) is 24.3 Å². The number of rotatable bonds is 8. The maximum Gasteiger partial charge on any atom is 0.490 e. The molecule has 1 aliphatic heterocycles. The van der Waals surface area contributed by atoms with E-state index in [2.05, 4.69) is 52.4 Å². The lowest BCUT2D eigenvalue weighted by atomic mass is 10.1. The molecule has 1 fully saturated rings. The van der Waals surface area contributed by atoms with Crippen molar-refractivity contribution in [2.45, 2.75) is 45.5 Å². The summed E-state index contributed by atoms with van der Waals surface area (Å²) in [4.78, 5) is 26.5. The number of carboxylic acids is 1. The molecule has 7 nitrogen and oxygen atoms in total. The van der Waals surface area contributed by atoms with Crippen molar-refractivity contribution in [1.29, 1.82) is 0 Å². The number of nitrogens with one attached hydrogen (secondary N) is 1. The summed E-state index contributed by atoms with van der Waals surface area (Å²) in [5.41, 5.74) is 5.17. The second-order valence-electron chi connectivity index (χ2n) is 9.98. The minimum atomic E-state index is -5.08. The van der Waals surface area contributed by atoms with Crippen LogP contribution in [0.5, 0.6) is 5.75 Å². The zero-order valence-corrected chi connectivity index (χ0v) is 23.0. The maximum atomic E-state index is 12.6. The highest BCUT2D eigenvalue weighted by Crippen LogP contribution is 2.17. The molecule has 4 rings (SSSR count). The molecule has 1 saturated heterocycles. The summed E-state index contributed by atoms with van der Waals surface area (Å²) in [5, 5.41) is 19.8. The number of phenolic OH excluding ortho intramolecular Hbond substituents is 1. The van der Waals surface area contributed by atoms with Gasteiger partial charge in [0, 0.05) is 37.4 Å². The van der Waals surface area contributed by atoms with E-state index < -0.39 is 12.1 Å². The van der Waals surface area contributed by atoms with Crippen LogP contribution in [0.25, 0.3) is 0 Å². The average molecular weight is 572 g/mol. The fourth-order valence-corrected chi connectivity index (χ4v) is 4.52. The second-order valence-corrected chi connectivity index (χ2v) is 9.98. The summed E-state index contributed by atoms with van der Waals surface area (Å²) >= 11 is 0. The van der Waals surface area contributed by atoms with Gasteiger partial charge in [-0.05, 0) is 79.0 Å². The van der Waals surface area contributed by atoms with Crippen molar-refractivity contribution in [3.8, 4) is 5.75 Å². The normalized spacial score (nSPS) is 14.4. The zero-order valence-electron chi connectivity index (χ0n) is 23.0.